The summed E-state index contributed by atoms with van der Waals surface area (Å²) in [6.07, 6.45) is 11.0. The van der Waals surface area contributed by atoms with Crippen molar-refractivity contribution in [2.24, 2.45) is 11.7 Å². The minimum Gasteiger partial charge on any atom is -0.333 e. The lowest BCUT2D eigenvalue weighted by Gasteiger charge is -2.33. The second kappa shape index (κ2) is 5.70. The van der Waals surface area contributed by atoms with E-state index in [1.54, 1.807) is 0 Å². The Kier molecular flexibility index (Phi) is 3.96. The summed E-state index contributed by atoms with van der Waals surface area (Å²) in [7, 11) is 0. The number of nitrogens with one attached hydrogen (secondary N) is 1. The minimum absolute atomic E-state index is 0.177. The van der Waals surface area contributed by atoms with E-state index in [0.717, 1.165) is 32.2 Å². The predicted octanol–water partition coefficient (Wildman–Crippen LogP) is 2.23. The number of carbonyl (C=O) groups is 1. The smallest absolute Gasteiger partial charge is 0.318 e. The summed E-state index contributed by atoms with van der Waals surface area (Å²) < 4.78 is 0. The molecule has 3 rings (SSSR count). The van der Waals surface area contributed by atoms with Crippen LogP contribution in [0.15, 0.2) is 0 Å². The van der Waals surface area contributed by atoms with Crippen LogP contribution < -0.4 is 11.1 Å². The van der Waals surface area contributed by atoms with E-state index < -0.39 is 0 Å². The van der Waals surface area contributed by atoms with Crippen LogP contribution in [0, 0.1) is 5.92 Å². The lowest BCUT2D eigenvalue weighted by atomic mass is 9.84. The van der Waals surface area contributed by atoms with Crippen molar-refractivity contribution in [3.8, 4) is 0 Å². The first-order chi connectivity index (χ1) is 9.24. The van der Waals surface area contributed by atoms with Crippen molar-refractivity contribution < 1.29 is 4.79 Å². The third-order valence-electron chi connectivity index (χ3n) is 5.36. The number of hydrogen-bond acceptors (Lipinski definition) is 2. The highest BCUT2D eigenvalue weighted by Gasteiger charge is 2.38. The Labute approximate surface area is 116 Å². The van der Waals surface area contributed by atoms with Gasteiger partial charge in [-0.1, -0.05) is 19.3 Å². The summed E-state index contributed by atoms with van der Waals surface area (Å²) in [5, 5.41) is 3.24. The second-order valence-electron chi connectivity index (χ2n) is 6.68. The Morgan fingerprint density at radius 2 is 1.68 bits per heavy atom. The van der Waals surface area contributed by atoms with E-state index in [0.29, 0.717) is 24.0 Å². The number of nitrogens with zero attached hydrogens (tertiary/aromatic N) is 1. The first-order valence-electron chi connectivity index (χ1n) is 8.07. The number of rotatable bonds is 2. The minimum atomic E-state index is 0.177. The van der Waals surface area contributed by atoms with Crippen LogP contribution in [0.1, 0.15) is 57.8 Å². The van der Waals surface area contributed by atoms with Gasteiger partial charge in [0.25, 0.3) is 0 Å². The summed E-state index contributed by atoms with van der Waals surface area (Å²) in [6, 6.07) is 1.38. The molecule has 19 heavy (non-hydrogen) atoms. The van der Waals surface area contributed by atoms with Crippen molar-refractivity contribution in [1.82, 2.24) is 10.2 Å². The Hall–Kier alpha value is -0.770. The van der Waals surface area contributed by atoms with E-state index in [2.05, 4.69) is 10.2 Å². The molecular formula is C15H27N3O. The van der Waals surface area contributed by atoms with Gasteiger partial charge in [0.15, 0.2) is 0 Å². The zero-order chi connectivity index (χ0) is 13.2. The van der Waals surface area contributed by atoms with Gasteiger partial charge in [0.2, 0.25) is 0 Å². The lowest BCUT2D eigenvalue weighted by molar-refractivity contribution is 0.171. The number of amides is 2. The molecule has 0 bridgehead atoms. The normalized spacial score (nSPS) is 37.4. The molecule has 2 saturated carbocycles. The van der Waals surface area contributed by atoms with Crippen molar-refractivity contribution in [2.45, 2.75) is 75.9 Å². The Balaban J connectivity index is 1.57. The topological polar surface area (TPSA) is 58.4 Å². The van der Waals surface area contributed by atoms with Crippen molar-refractivity contribution in [3.05, 3.63) is 0 Å². The fourth-order valence-electron chi connectivity index (χ4n) is 4.11. The molecule has 108 valence electrons. The van der Waals surface area contributed by atoms with Crippen LogP contribution in [0.3, 0.4) is 0 Å². The van der Waals surface area contributed by atoms with Crippen molar-refractivity contribution in [2.75, 3.05) is 6.54 Å². The van der Waals surface area contributed by atoms with Gasteiger partial charge in [-0.05, 0) is 44.4 Å². The van der Waals surface area contributed by atoms with Crippen LogP contribution in [0.5, 0.6) is 0 Å². The van der Waals surface area contributed by atoms with E-state index in [9.17, 15) is 4.79 Å². The molecule has 1 saturated heterocycles. The zero-order valence-electron chi connectivity index (χ0n) is 11.8. The van der Waals surface area contributed by atoms with Gasteiger partial charge in [0.1, 0.15) is 0 Å². The second-order valence-corrected chi connectivity index (χ2v) is 6.68. The van der Waals surface area contributed by atoms with E-state index in [1.807, 2.05) is 0 Å². The molecular weight excluding hydrogens is 238 g/mol. The molecule has 2 amide bonds. The van der Waals surface area contributed by atoms with Gasteiger partial charge in [-0.15, -0.1) is 0 Å². The molecule has 0 radical (unpaired) electrons. The maximum atomic E-state index is 12.2. The SMILES string of the molecule is NC1CCC(N2CC(C3CCCCC3)NC2=O)CC1. The van der Waals surface area contributed by atoms with Gasteiger partial charge in [-0.2, -0.15) is 0 Å². The number of urea groups is 1. The molecule has 2 aliphatic carbocycles. The average molecular weight is 265 g/mol. The molecule has 0 aromatic rings. The van der Waals surface area contributed by atoms with Gasteiger partial charge >= 0.3 is 6.03 Å². The molecule has 4 heteroatoms. The highest BCUT2D eigenvalue weighted by molar-refractivity contribution is 5.77. The predicted molar refractivity (Wildman–Crippen MR) is 75.8 cm³/mol. The molecule has 0 spiro atoms. The van der Waals surface area contributed by atoms with Crippen LogP contribution in [0.2, 0.25) is 0 Å². The molecule has 0 aromatic carbocycles. The number of hydrogen-bond donors (Lipinski definition) is 2. The van der Waals surface area contributed by atoms with Gasteiger partial charge in [-0.3, -0.25) is 0 Å². The number of carbonyl (C=O) groups excluding carboxylic acids is 1. The Bertz CT molecular complexity index is 319. The Morgan fingerprint density at radius 3 is 2.37 bits per heavy atom. The maximum absolute atomic E-state index is 12.2. The summed E-state index contributed by atoms with van der Waals surface area (Å²) in [5.74, 6) is 0.716. The van der Waals surface area contributed by atoms with Crippen LogP contribution in [0.25, 0.3) is 0 Å². The van der Waals surface area contributed by atoms with Crippen LogP contribution in [0.4, 0.5) is 4.79 Å². The monoisotopic (exact) mass is 265 g/mol. The van der Waals surface area contributed by atoms with Gasteiger partial charge in [-0.25, -0.2) is 4.79 Å². The molecule has 1 heterocycles. The van der Waals surface area contributed by atoms with E-state index in [4.69, 9.17) is 5.73 Å². The standard InChI is InChI=1S/C15H27N3O/c16-12-6-8-13(9-7-12)18-10-14(17-15(18)19)11-4-2-1-3-5-11/h11-14H,1-10,16H2,(H,17,19). The molecule has 4 nitrogen and oxygen atoms in total. The fraction of sp³-hybridized carbons (Fsp3) is 0.933. The lowest BCUT2D eigenvalue weighted by Crippen LogP contribution is -2.42. The molecule has 1 unspecified atom stereocenters. The first kappa shape index (κ1) is 13.2. The van der Waals surface area contributed by atoms with Gasteiger partial charge < -0.3 is 16.0 Å². The summed E-state index contributed by atoms with van der Waals surface area (Å²) in [5.41, 5.74) is 5.96. The fourth-order valence-corrected chi connectivity index (χ4v) is 4.11. The summed E-state index contributed by atoms with van der Waals surface area (Å²) in [6.45, 7) is 0.934. The molecule has 1 aliphatic heterocycles. The summed E-state index contributed by atoms with van der Waals surface area (Å²) in [4.78, 5) is 14.3. The van der Waals surface area contributed by atoms with Gasteiger partial charge in [0, 0.05) is 18.6 Å². The highest BCUT2D eigenvalue weighted by atomic mass is 16.2. The third-order valence-corrected chi connectivity index (χ3v) is 5.36. The first-order valence-corrected chi connectivity index (χ1v) is 8.07. The third kappa shape index (κ3) is 2.88. The van der Waals surface area contributed by atoms with E-state index in [1.165, 1.54) is 32.1 Å². The quantitative estimate of drug-likeness (QED) is 0.804. The molecule has 1 atom stereocenters. The van der Waals surface area contributed by atoms with Crippen LogP contribution >= 0.6 is 0 Å². The van der Waals surface area contributed by atoms with Crippen LogP contribution in [-0.2, 0) is 0 Å². The van der Waals surface area contributed by atoms with Crippen LogP contribution in [-0.4, -0.2) is 35.6 Å². The largest absolute Gasteiger partial charge is 0.333 e. The molecule has 3 fully saturated rings. The maximum Gasteiger partial charge on any atom is 0.318 e. The van der Waals surface area contributed by atoms with Crippen molar-refractivity contribution >= 4 is 6.03 Å². The van der Waals surface area contributed by atoms with E-state index >= 15 is 0 Å². The highest BCUT2D eigenvalue weighted by Crippen LogP contribution is 2.31. The van der Waals surface area contributed by atoms with Crippen molar-refractivity contribution in [1.29, 1.82) is 0 Å². The molecule has 3 N–H and O–H groups in total. The molecule has 3 aliphatic rings. The zero-order valence-corrected chi connectivity index (χ0v) is 11.8. The van der Waals surface area contributed by atoms with Gasteiger partial charge in [0.05, 0.1) is 6.04 Å². The Morgan fingerprint density at radius 1 is 1.00 bits per heavy atom. The summed E-state index contributed by atoms with van der Waals surface area (Å²) >= 11 is 0. The van der Waals surface area contributed by atoms with E-state index in [-0.39, 0.29) is 6.03 Å². The average Bonchev–Trinajstić information content (AvgIpc) is 2.83. The number of nitrogens with two attached hydrogens (primary N) is 1. The van der Waals surface area contributed by atoms with Crippen molar-refractivity contribution in [3.63, 3.8) is 0 Å². The molecule has 0 aromatic heterocycles.